The van der Waals surface area contributed by atoms with Crippen LogP contribution in [-0.4, -0.2) is 22.8 Å². The quantitative estimate of drug-likeness (QED) is 0.709. The summed E-state index contributed by atoms with van der Waals surface area (Å²) >= 11 is 0. The van der Waals surface area contributed by atoms with Crippen molar-refractivity contribution in [1.82, 2.24) is 4.90 Å². The van der Waals surface area contributed by atoms with Gasteiger partial charge in [0.1, 0.15) is 0 Å². The molecule has 0 aliphatic carbocycles. The number of carbonyl (C=O) groups is 1. The van der Waals surface area contributed by atoms with Crippen molar-refractivity contribution in [3.05, 3.63) is 11.8 Å². The Balaban J connectivity index is 2.13. The van der Waals surface area contributed by atoms with Crippen molar-refractivity contribution in [3.8, 4) is 0 Å². The summed E-state index contributed by atoms with van der Waals surface area (Å²) in [5, 5.41) is 0. The first-order valence-electron chi connectivity index (χ1n) is 6.21. The highest BCUT2D eigenvalue weighted by molar-refractivity contribution is 6.00. The number of allylic oxidation sites excluding steroid dienone is 1. The van der Waals surface area contributed by atoms with Crippen molar-refractivity contribution in [2.75, 3.05) is 6.54 Å². The zero-order chi connectivity index (χ0) is 10.9. The molecule has 2 nitrogen and oxygen atoms in total. The molecule has 0 amide bonds. The number of nitrogens with zero attached hydrogens (tertiary/aromatic N) is 1. The second-order valence-corrected chi connectivity index (χ2v) is 4.99. The van der Waals surface area contributed by atoms with E-state index in [-0.39, 0.29) is 5.54 Å². The first kappa shape index (κ1) is 10.7. The molecular formula is C13H21NO. The van der Waals surface area contributed by atoms with Crippen molar-refractivity contribution in [2.45, 2.75) is 57.9 Å². The molecule has 84 valence electrons. The Morgan fingerprint density at radius 1 is 1.47 bits per heavy atom. The number of unbranched alkanes of at least 4 members (excludes halogenated alkanes) is 1. The van der Waals surface area contributed by atoms with Gasteiger partial charge in [0.15, 0.2) is 5.78 Å². The Kier molecular flexibility index (Phi) is 2.85. The minimum Gasteiger partial charge on any atom is -0.362 e. The van der Waals surface area contributed by atoms with E-state index >= 15 is 0 Å². The van der Waals surface area contributed by atoms with E-state index in [1.54, 1.807) is 0 Å². The van der Waals surface area contributed by atoms with E-state index in [0.717, 1.165) is 19.4 Å². The Morgan fingerprint density at radius 2 is 2.27 bits per heavy atom. The van der Waals surface area contributed by atoms with Crippen LogP contribution in [0.5, 0.6) is 0 Å². The fraction of sp³-hybridized carbons (Fsp3) is 0.769. The molecule has 0 aromatic rings. The van der Waals surface area contributed by atoms with Gasteiger partial charge in [0, 0.05) is 18.3 Å². The van der Waals surface area contributed by atoms with Crippen LogP contribution in [0.25, 0.3) is 0 Å². The Labute approximate surface area is 92.3 Å². The SMILES string of the molecule is CCCCC1=CC(=O)C2(C)CCCCN12. The first-order valence-corrected chi connectivity index (χ1v) is 6.21. The van der Waals surface area contributed by atoms with Gasteiger partial charge in [-0.25, -0.2) is 0 Å². The van der Waals surface area contributed by atoms with E-state index in [0.29, 0.717) is 5.78 Å². The minimum absolute atomic E-state index is 0.179. The molecule has 0 N–H and O–H groups in total. The third-order valence-corrected chi connectivity index (χ3v) is 3.85. The summed E-state index contributed by atoms with van der Waals surface area (Å²) in [6.45, 7) is 5.40. The predicted octanol–water partition coefficient (Wildman–Crippen LogP) is 2.89. The van der Waals surface area contributed by atoms with Crippen LogP contribution in [0.1, 0.15) is 52.4 Å². The smallest absolute Gasteiger partial charge is 0.182 e. The standard InChI is InChI=1S/C13H21NO/c1-3-4-7-11-10-12(15)13(2)8-5-6-9-14(11)13/h10H,3-9H2,1-2H3. The number of ketones is 1. The van der Waals surface area contributed by atoms with Crippen molar-refractivity contribution in [2.24, 2.45) is 0 Å². The summed E-state index contributed by atoms with van der Waals surface area (Å²) in [5.41, 5.74) is 1.12. The highest BCUT2D eigenvalue weighted by Crippen LogP contribution is 2.38. The van der Waals surface area contributed by atoms with Crippen molar-refractivity contribution < 1.29 is 4.79 Å². The Bertz CT molecular complexity index is 295. The number of rotatable bonds is 3. The van der Waals surface area contributed by atoms with Crippen LogP contribution in [0.3, 0.4) is 0 Å². The Hall–Kier alpha value is -0.790. The van der Waals surface area contributed by atoms with Gasteiger partial charge in [0.25, 0.3) is 0 Å². The van der Waals surface area contributed by atoms with E-state index in [9.17, 15) is 4.79 Å². The molecule has 15 heavy (non-hydrogen) atoms. The van der Waals surface area contributed by atoms with Crippen molar-refractivity contribution in [3.63, 3.8) is 0 Å². The summed E-state index contributed by atoms with van der Waals surface area (Å²) < 4.78 is 0. The van der Waals surface area contributed by atoms with Crippen LogP contribution in [0.2, 0.25) is 0 Å². The maximum Gasteiger partial charge on any atom is 0.182 e. The van der Waals surface area contributed by atoms with Gasteiger partial charge in [-0.15, -0.1) is 0 Å². The number of hydrogen-bond acceptors (Lipinski definition) is 2. The third-order valence-electron chi connectivity index (χ3n) is 3.85. The fourth-order valence-electron chi connectivity index (χ4n) is 2.79. The van der Waals surface area contributed by atoms with Gasteiger partial charge in [-0.05, 0) is 39.0 Å². The summed E-state index contributed by atoms with van der Waals surface area (Å²) in [6.07, 6.45) is 8.87. The molecule has 1 saturated heterocycles. The zero-order valence-corrected chi connectivity index (χ0v) is 9.88. The van der Waals surface area contributed by atoms with Crippen LogP contribution in [0.4, 0.5) is 0 Å². The number of piperidine rings is 1. The lowest BCUT2D eigenvalue weighted by Crippen LogP contribution is -2.49. The van der Waals surface area contributed by atoms with Crippen molar-refractivity contribution >= 4 is 5.78 Å². The lowest BCUT2D eigenvalue weighted by Gasteiger charge is -2.41. The molecule has 0 saturated carbocycles. The molecule has 1 fully saturated rings. The van der Waals surface area contributed by atoms with Gasteiger partial charge in [-0.1, -0.05) is 13.3 Å². The third kappa shape index (κ3) is 1.70. The molecule has 0 radical (unpaired) electrons. The minimum atomic E-state index is -0.179. The molecule has 0 spiro atoms. The van der Waals surface area contributed by atoms with Crippen LogP contribution >= 0.6 is 0 Å². The summed E-state index contributed by atoms with van der Waals surface area (Å²) in [5.74, 6) is 0.341. The summed E-state index contributed by atoms with van der Waals surface area (Å²) in [6, 6.07) is 0. The highest BCUT2D eigenvalue weighted by atomic mass is 16.1. The van der Waals surface area contributed by atoms with Crippen LogP contribution < -0.4 is 0 Å². The van der Waals surface area contributed by atoms with Crippen LogP contribution in [0.15, 0.2) is 11.8 Å². The van der Waals surface area contributed by atoms with Gasteiger partial charge in [0.2, 0.25) is 0 Å². The zero-order valence-electron chi connectivity index (χ0n) is 9.88. The first-order chi connectivity index (χ1) is 7.18. The fourth-order valence-corrected chi connectivity index (χ4v) is 2.79. The van der Waals surface area contributed by atoms with Gasteiger partial charge in [-0.2, -0.15) is 0 Å². The molecule has 0 aromatic carbocycles. The maximum atomic E-state index is 12.0. The number of carbonyl (C=O) groups excluding carboxylic acids is 1. The molecular weight excluding hydrogens is 186 g/mol. The highest BCUT2D eigenvalue weighted by Gasteiger charge is 2.44. The second kappa shape index (κ2) is 3.99. The Morgan fingerprint density at radius 3 is 3.00 bits per heavy atom. The van der Waals surface area contributed by atoms with E-state index in [4.69, 9.17) is 0 Å². The predicted molar refractivity (Wildman–Crippen MR) is 61.6 cm³/mol. The molecule has 2 heteroatoms. The van der Waals surface area contributed by atoms with Gasteiger partial charge >= 0.3 is 0 Å². The molecule has 2 rings (SSSR count). The van der Waals surface area contributed by atoms with Crippen LogP contribution in [-0.2, 0) is 4.79 Å². The number of hydrogen-bond donors (Lipinski definition) is 0. The second-order valence-electron chi connectivity index (χ2n) is 4.99. The average molecular weight is 207 g/mol. The monoisotopic (exact) mass is 207 g/mol. The van der Waals surface area contributed by atoms with E-state index < -0.39 is 0 Å². The molecule has 2 aliphatic heterocycles. The largest absolute Gasteiger partial charge is 0.362 e. The van der Waals surface area contributed by atoms with Crippen molar-refractivity contribution in [1.29, 1.82) is 0 Å². The summed E-state index contributed by atoms with van der Waals surface area (Å²) in [7, 11) is 0. The molecule has 0 aromatic heterocycles. The van der Waals surface area contributed by atoms with E-state index in [2.05, 4.69) is 18.7 Å². The number of fused-ring (bicyclic) bond motifs is 1. The van der Waals surface area contributed by atoms with Gasteiger partial charge in [0.05, 0.1) is 5.54 Å². The molecule has 1 atom stereocenters. The maximum absolute atomic E-state index is 12.0. The molecule has 2 aliphatic rings. The normalized spacial score (nSPS) is 30.4. The van der Waals surface area contributed by atoms with Gasteiger partial charge < -0.3 is 4.90 Å². The summed E-state index contributed by atoms with van der Waals surface area (Å²) in [4.78, 5) is 14.4. The van der Waals surface area contributed by atoms with Gasteiger partial charge in [-0.3, -0.25) is 4.79 Å². The van der Waals surface area contributed by atoms with E-state index in [1.807, 2.05) is 6.08 Å². The molecule has 0 bridgehead atoms. The lowest BCUT2D eigenvalue weighted by atomic mass is 9.87. The van der Waals surface area contributed by atoms with Crippen LogP contribution in [0, 0.1) is 0 Å². The topological polar surface area (TPSA) is 20.3 Å². The molecule has 2 heterocycles. The average Bonchev–Trinajstić information content (AvgIpc) is 2.49. The lowest BCUT2D eigenvalue weighted by molar-refractivity contribution is -0.123. The molecule has 1 unspecified atom stereocenters. The van der Waals surface area contributed by atoms with E-state index in [1.165, 1.54) is 31.4 Å².